The largest absolute Gasteiger partial charge is 0.427 e. The van der Waals surface area contributed by atoms with Gasteiger partial charge in [-0.2, -0.15) is 0 Å². The van der Waals surface area contributed by atoms with Crippen LogP contribution in [0.4, 0.5) is 0 Å². The number of aromatic nitrogens is 2. The molecule has 1 aromatic carbocycles. The zero-order valence-electron chi connectivity index (χ0n) is 18.1. The Hall–Kier alpha value is -2.36. The summed E-state index contributed by atoms with van der Waals surface area (Å²) in [6, 6.07) is 8.10. The summed E-state index contributed by atoms with van der Waals surface area (Å²) < 4.78 is 34.7. The first-order chi connectivity index (χ1) is 13.8. The number of benzene rings is 1. The van der Waals surface area contributed by atoms with Crippen LogP contribution in [0.25, 0.3) is 10.9 Å². The summed E-state index contributed by atoms with van der Waals surface area (Å²) in [6.45, 7) is 8.75. The average Bonchev–Trinajstić information content (AvgIpc) is 3.09. The van der Waals surface area contributed by atoms with Crippen LogP contribution in [0.1, 0.15) is 33.3 Å². The van der Waals surface area contributed by atoms with Gasteiger partial charge in [0, 0.05) is 24.8 Å². The van der Waals surface area contributed by atoms with E-state index in [4.69, 9.17) is 4.65 Å². The van der Waals surface area contributed by atoms with E-state index in [9.17, 15) is 18.3 Å². The van der Waals surface area contributed by atoms with Gasteiger partial charge in [-0.25, -0.2) is 12.4 Å². The van der Waals surface area contributed by atoms with Crippen LogP contribution in [0.2, 0.25) is 0 Å². The van der Waals surface area contributed by atoms with Gasteiger partial charge in [-0.1, -0.05) is 17.7 Å². The Balaban J connectivity index is 2.13. The van der Waals surface area contributed by atoms with Crippen molar-refractivity contribution in [3.8, 4) is 0 Å². The number of fused-ring (bicyclic) bond motifs is 1. The molecule has 2 heterocycles. The fraction of sp³-hybridized carbons (Fsp3) is 0.381. The van der Waals surface area contributed by atoms with Crippen molar-refractivity contribution in [3.05, 3.63) is 58.6 Å². The molecule has 0 aliphatic heterocycles. The van der Waals surface area contributed by atoms with Crippen LogP contribution in [0.15, 0.2) is 52.4 Å². The van der Waals surface area contributed by atoms with Crippen LogP contribution in [-0.4, -0.2) is 40.7 Å². The monoisotopic (exact) mass is 430 g/mol. The number of hydrogen-bond donors (Lipinski definition) is 1. The van der Waals surface area contributed by atoms with E-state index < -0.39 is 26.8 Å². The van der Waals surface area contributed by atoms with E-state index >= 15 is 0 Å². The molecule has 3 rings (SSSR count). The zero-order chi connectivity index (χ0) is 22.5. The van der Waals surface area contributed by atoms with Gasteiger partial charge in [0.1, 0.15) is 5.52 Å². The van der Waals surface area contributed by atoms with Crippen molar-refractivity contribution < 1.29 is 18.2 Å². The molecule has 0 saturated carbocycles. The molecule has 160 valence electrons. The first-order valence-electron chi connectivity index (χ1n) is 9.64. The highest BCUT2D eigenvalue weighted by molar-refractivity contribution is 7.90. The maximum absolute atomic E-state index is 13.2. The van der Waals surface area contributed by atoms with E-state index in [0.29, 0.717) is 10.8 Å². The van der Waals surface area contributed by atoms with Gasteiger partial charge < -0.3 is 14.3 Å². The molecule has 0 bridgehead atoms. The topological polar surface area (TPSA) is 90.5 Å². The summed E-state index contributed by atoms with van der Waals surface area (Å²) in [7, 11) is -2.26. The quantitative estimate of drug-likeness (QED) is 0.598. The third-order valence-electron chi connectivity index (χ3n) is 5.71. The highest BCUT2D eigenvalue weighted by atomic mass is 32.2. The Morgan fingerprint density at radius 3 is 2.23 bits per heavy atom. The van der Waals surface area contributed by atoms with Crippen LogP contribution in [0, 0.1) is 6.92 Å². The zero-order valence-corrected chi connectivity index (χ0v) is 18.9. The summed E-state index contributed by atoms with van der Waals surface area (Å²) >= 11 is 0. The first kappa shape index (κ1) is 22.3. The molecule has 3 aromatic rings. The number of aliphatic hydroxyl groups is 1. The molecule has 0 amide bonds. The molecule has 0 radical (unpaired) electrons. The van der Waals surface area contributed by atoms with Gasteiger partial charge in [-0.15, -0.1) is 0 Å². The van der Waals surface area contributed by atoms with Crippen LogP contribution < -0.4 is 11.0 Å². The van der Waals surface area contributed by atoms with E-state index in [0.717, 1.165) is 9.54 Å². The highest BCUT2D eigenvalue weighted by Crippen LogP contribution is 2.25. The van der Waals surface area contributed by atoms with Crippen molar-refractivity contribution >= 4 is 33.9 Å². The van der Waals surface area contributed by atoms with Crippen LogP contribution in [-0.2, 0) is 21.7 Å². The van der Waals surface area contributed by atoms with Crippen molar-refractivity contribution in [2.45, 2.75) is 50.7 Å². The molecule has 0 spiro atoms. The van der Waals surface area contributed by atoms with E-state index in [2.05, 4.69) is 0 Å². The second kappa shape index (κ2) is 7.41. The van der Waals surface area contributed by atoms with E-state index in [1.165, 1.54) is 22.9 Å². The van der Waals surface area contributed by atoms with Gasteiger partial charge in [-0.3, -0.25) is 4.79 Å². The summed E-state index contributed by atoms with van der Waals surface area (Å²) in [6.07, 6.45) is 3.03. The van der Waals surface area contributed by atoms with Crippen LogP contribution in [0.5, 0.6) is 0 Å². The lowest BCUT2D eigenvalue weighted by atomic mass is 9.82. The van der Waals surface area contributed by atoms with Crippen molar-refractivity contribution in [2.75, 3.05) is 0 Å². The van der Waals surface area contributed by atoms with E-state index in [-0.39, 0.29) is 17.9 Å². The van der Waals surface area contributed by atoms with Gasteiger partial charge in [0.15, 0.2) is 0 Å². The molecule has 0 saturated heterocycles. The minimum Gasteiger partial charge on any atom is -0.427 e. The average molecular weight is 430 g/mol. The molecule has 0 unspecified atom stereocenters. The molecule has 30 heavy (non-hydrogen) atoms. The van der Waals surface area contributed by atoms with Crippen molar-refractivity contribution in [1.82, 2.24) is 8.54 Å². The predicted octanol–water partition coefficient (Wildman–Crippen LogP) is 1.43. The Labute approximate surface area is 177 Å². The smallest absolute Gasteiger partial charge is 0.311 e. The minimum atomic E-state index is -3.94. The number of hydrogen-bond acceptors (Lipinski definition) is 5. The third kappa shape index (κ3) is 3.85. The Morgan fingerprint density at radius 1 is 1.07 bits per heavy atom. The molecule has 0 atom stereocenters. The fourth-order valence-corrected chi connectivity index (χ4v) is 4.33. The summed E-state index contributed by atoms with van der Waals surface area (Å²) in [5, 5.41) is 10.8. The summed E-state index contributed by atoms with van der Waals surface area (Å²) in [4.78, 5) is 13.0. The SMILES string of the molecule is Cc1ccc(S(=O)(=O)n2ccc3c(BOC(C)(C)C(C)(C)O)cn(C)c(=O)c32)cc1. The molecule has 1 N–H and O–H groups in total. The molecule has 0 aliphatic rings. The maximum Gasteiger partial charge on any atom is 0.311 e. The summed E-state index contributed by atoms with van der Waals surface area (Å²) in [5.74, 6) is 0. The van der Waals surface area contributed by atoms with Gasteiger partial charge in [0.25, 0.3) is 15.6 Å². The first-order valence-corrected chi connectivity index (χ1v) is 11.1. The second-order valence-electron chi connectivity index (χ2n) is 8.62. The van der Waals surface area contributed by atoms with Gasteiger partial charge in [0.05, 0.1) is 16.1 Å². The van der Waals surface area contributed by atoms with Gasteiger partial charge >= 0.3 is 7.48 Å². The van der Waals surface area contributed by atoms with Crippen molar-refractivity contribution in [1.29, 1.82) is 0 Å². The minimum absolute atomic E-state index is 0.0697. The molecular formula is C21H27BN2O5S. The lowest BCUT2D eigenvalue weighted by Gasteiger charge is -2.37. The van der Waals surface area contributed by atoms with Crippen LogP contribution >= 0.6 is 0 Å². The maximum atomic E-state index is 13.2. The lowest BCUT2D eigenvalue weighted by molar-refractivity contribution is -0.0893. The number of pyridine rings is 1. The Kier molecular flexibility index (Phi) is 5.51. The second-order valence-corrected chi connectivity index (χ2v) is 10.4. The molecule has 0 aliphatic carbocycles. The van der Waals surface area contributed by atoms with Crippen molar-refractivity contribution in [3.63, 3.8) is 0 Å². The molecule has 0 fully saturated rings. The number of aryl methyl sites for hydroxylation is 2. The Bertz CT molecular complexity index is 1250. The summed E-state index contributed by atoms with van der Waals surface area (Å²) in [5.41, 5.74) is -0.701. The van der Waals surface area contributed by atoms with E-state index in [1.807, 2.05) is 6.92 Å². The van der Waals surface area contributed by atoms with E-state index in [1.54, 1.807) is 59.1 Å². The normalized spacial score (nSPS) is 13.0. The number of rotatable bonds is 6. The molecule has 2 aromatic heterocycles. The lowest BCUT2D eigenvalue weighted by Crippen LogP contribution is -2.49. The predicted molar refractivity (Wildman–Crippen MR) is 119 cm³/mol. The Morgan fingerprint density at radius 2 is 1.67 bits per heavy atom. The molecule has 7 nitrogen and oxygen atoms in total. The van der Waals surface area contributed by atoms with Crippen LogP contribution in [0.3, 0.4) is 0 Å². The molecular weight excluding hydrogens is 403 g/mol. The van der Waals surface area contributed by atoms with Gasteiger partial charge in [0.2, 0.25) is 0 Å². The highest BCUT2D eigenvalue weighted by Gasteiger charge is 2.36. The van der Waals surface area contributed by atoms with Gasteiger partial charge in [-0.05, 0) is 58.3 Å². The number of nitrogens with zero attached hydrogens (tertiary/aromatic N) is 2. The standard InChI is InChI=1S/C21H27BN2O5S/c1-14-7-9-15(10-8-14)30(27,28)24-12-11-16-17(13-23(6)19(25)18(16)24)22-29-21(4,5)20(2,3)26/h7-13,22,26H,1-6H3. The third-order valence-corrected chi connectivity index (χ3v) is 7.40. The molecule has 9 heteroatoms. The van der Waals surface area contributed by atoms with Crippen molar-refractivity contribution in [2.24, 2.45) is 7.05 Å². The fourth-order valence-electron chi connectivity index (χ4n) is 2.99.